The highest BCUT2D eigenvalue weighted by molar-refractivity contribution is 8.22. The van der Waals surface area contributed by atoms with E-state index in [4.69, 9.17) is 12.2 Å². The fourth-order valence-electron chi connectivity index (χ4n) is 1.41. The molecule has 0 spiro atoms. The van der Waals surface area contributed by atoms with Gasteiger partial charge in [0, 0.05) is 11.8 Å². The molecule has 2 rings (SSSR count). The summed E-state index contributed by atoms with van der Waals surface area (Å²) < 4.78 is 0.557. The standard InChI is InChI=1S/C13H11N3O2S3/c17-16(18)12-7-6-11(21-12)8-14-15-13(19)20-9-10-4-2-1-3-5-10/h1-8H,9H2,(H,15,19)/b14-8-. The quantitative estimate of drug-likeness (QED) is 0.389. The molecule has 8 heteroatoms. The van der Waals surface area contributed by atoms with Gasteiger partial charge in [0.15, 0.2) is 4.32 Å². The second-order valence-corrected chi connectivity index (χ2v) is 6.61. The lowest BCUT2D eigenvalue weighted by Gasteiger charge is -2.02. The first-order chi connectivity index (χ1) is 10.1. The Labute approximate surface area is 135 Å². The highest BCUT2D eigenvalue weighted by atomic mass is 32.2. The molecule has 0 amide bonds. The molecule has 21 heavy (non-hydrogen) atoms. The molecule has 1 aromatic heterocycles. The van der Waals surface area contributed by atoms with Crippen molar-refractivity contribution < 1.29 is 4.92 Å². The third-order valence-corrected chi connectivity index (χ3v) is 4.60. The van der Waals surface area contributed by atoms with Crippen LogP contribution in [0.3, 0.4) is 0 Å². The van der Waals surface area contributed by atoms with E-state index in [0.29, 0.717) is 9.20 Å². The summed E-state index contributed by atoms with van der Waals surface area (Å²) in [6.45, 7) is 0. The van der Waals surface area contributed by atoms with Crippen molar-refractivity contribution in [2.24, 2.45) is 5.10 Å². The summed E-state index contributed by atoms with van der Waals surface area (Å²) in [5.41, 5.74) is 3.93. The number of nitrogens with one attached hydrogen (secondary N) is 1. The normalized spacial score (nSPS) is 10.7. The van der Waals surface area contributed by atoms with E-state index in [1.165, 1.54) is 29.6 Å². The first-order valence-corrected chi connectivity index (χ1v) is 8.10. The Morgan fingerprint density at radius 3 is 2.81 bits per heavy atom. The maximum absolute atomic E-state index is 10.5. The first kappa shape index (κ1) is 15.6. The molecule has 0 aliphatic carbocycles. The SMILES string of the molecule is O=[N+]([O-])c1ccc(/C=N\NC(=S)SCc2ccccc2)s1. The second-order valence-electron chi connectivity index (χ2n) is 3.86. The van der Waals surface area contributed by atoms with Gasteiger partial charge in [-0.25, -0.2) is 0 Å². The van der Waals surface area contributed by atoms with Crippen molar-refractivity contribution >= 4 is 50.9 Å². The average molecular weight is 337 g/mol. The van der Waals surface area contributed by atoms with E-state index < -0.39 is 4.92 Å². The molecule has 2 aromatic rings. The number of hydrazone groups is 1. The van der Waals surface area contributed by atoms with E-state index in [0.717, 1.165) is 17.1 Å². The largest absolute Gasteiger partial charge is 0.324 e. The van der Waals surface area contributed by atoms with Gasteiger partial charge >= 0.3 is 5.00 Å². The van der Waals surface area contributed by atoms with Crippen LogP contribution in [0.4, 0.5) is 5.00 Å². The van der Waals surface area contributed by atoms with Gasteiger partial charge < -0.3 is 0 Å². The predicted octanol–water partition coefficient (Wildman–Crippen LogP) is 3.80. The van der Waals surface area contributed by atoms with Gasteiger partial charge in [0.1, 0.15) is 0 Å². The summed E-state index contributed by atoms with van der Waals surface area (Å²) in [7, 11) is 0. The minimum absolute atomic E-state index is 0.0949. The van der Waals surface area contributed by atoms with E-state index in [-0.39, 0.29) is 5.00 Å². The van der Waals surface area contributed by atoms with Crippen LogP contribution < -0.4 is 5.43 Å². The van der Waals surface area contributed by atoms with Gasteiger partial charge in [0.05, 0.1) is 16.0 Å². The Bertz CT molecular complexity index is 656. The molecule has 0 saturated carbocycles. The number of rotatable bonds is 5. The van der Waals surface area contributed by atoms with Crippen LogP contribution in [0.15, 0.2) is 47.6 Å². The van der Waals surface area contributed by atoms with Crippen LogP contribution in [0.25, 0.3) is 0 Å². The van der Waals surface area contributed by atoms with Gasteiger partial charge in [-0.15, -0.1) is 0 Å². The highest BCUT2D eigenvalue weighted by Crippen LogP contribution is 2.22. The molecule has 1 aromatic carbocycles. The van der Waals surface area contributed by atoms with Crippen LogP contribution in [-0.2, 0) is 5.75 Å². The number of benzene rings is 1. The smallest absolute Gasteiger partial charge is 0.262 e. The third-order valence-electron chi connectivity index (χ3n) is 2.35. The fourth-order valence-corrected chi connectivity index (χ4v) is 2.94. The molecule has 0 aliphatic heterocycles. The number of nitro groups is 1. The molecular formula is C13H11N3O2S3. The lowest BCUT2D eigenvalue weighted by molar-refractivity contribution is -0.380. The monoisotopic (exact) mass is 337 g/mol. The van der Waals surface area contributed by atoms with Crippen molar-refractivity contribution in [2.75, 3.05) is 0 Å². The Balaban J connectivity index is 1.77. The van der Waals surface area contributed by atoms with Gasteiger partial charge in [-0.3, -0.25) is 15.5 Å². The fraction of sp³-hybridized carbons (Fsp3) is 0.0769. The van der Waals surface area contributed by atoms with Crippen LogP contribution in [0.2, 0.25) is 0 Å². The maximum Gasteiger partial charge on any atom is 0.324 e. The highest BCUT2D eigenvalue weighted by Gasteiger charge is 2.07. The molecule has 0 radical (unpaired) electrons. The topological polar surface area (TPSA) is 67.5 Å². The van der Waals surface area contributed by atoms with Crippen LogP contribution in [0.1, 0.15) is 10.4 Å². The molecule has 108 valence electrons. The van der Waals surface area contributed by atoms with Gasteiger partial charge in [0.2, 0.25) is 0 Å². The number of hydrogen-bond acceptors (Lipinski definition) is 6. The Morgan fingerprint density at radius 2 is 2.14 bits per heavy atom. The second kappa shape index (κ2) is 7.87. The maximum atomic E-state index is 10.5. The third kappa shape index (κ3) is 5.25. The van der Waals surface area contributed by atoms with E-state index in [9.17, 15) is 10.1 Å². The van der Waals surface area contributed by atoms with Gasteiger partial charge in [0.25, 0.3) is 0 Å². The van der Waals surface area contributed by atoms with Crippen molar-refractivity contribution in [3.8, 4) is 0 Å². The molecule has 0 atom stereocenters. The molecule has 0 aliphatic rings. The van der Waals surface area contributed by atoms with Crippen molar-refractivity contribution in [1.82, 2.24) is 5.43 Å². The summed E-state index contributed by atoms with van der Waals surface area (Å²) in [5.74, 6) is 0.771. The molecule has 0 fully saturated rings. The molecule has 0 bridgehead atoms. The molecule has 1 heterocycles. The van der Waals surface area contributed by atoms with E-state index in [1.54, 1.807) is 6.07 Å². The average Bonchev–Trinajstić information content (AvgIpc) is 2.95. The minimum Gasteiger partial charge on any atom is -0.262 e. The molecule has 0 saturated heterocycles. The van der Waals surface area contributed by atoms with Crippen molar-refractivity contribution in [3.63, 3.8) is 0 Å². The summed E-state index contributed by atoms with van der Waals surface area (Å²) in [4.78, 5) is 10.8. The predicted molar refractivity (Wildman–Crippen MR) is 92.0 cm³/mol. The van der Waals surface area contributed by atoms with Crippen molar-refractivity contribution in [2.45, 2.75) is 5.75 Å². The van der Waals surface area contributed by atoms with Crippen LogP contribution in [0, 0.1) is 10.1 Å². The van der Waals surface area contributed by atoms with Gasteiger partial charge in [-0.05, 0) is 11.6 Å². The zero-order chi connectivity index (χ0) is 15.1. The van der Waals surface area contributed by atoms with E-state index in [2.05, 4.69) is 10.5 Å². The zero-order valence-corrected chi connectivity index (χ0v) is 13.2. The van der Waals surface area contributed by atoms with Gasteiger partial charge in [-0.2, -0.15) is 5.10 Å². The molecule has 0 unspecified atom stereocenters. The van der Waals surface area contributed by atoms with Gasteiger partial charge in [-0.1, -0.05) is 65.6 Å². The summed E-state index contributed by atoms with van der Waals surface area (Å²) in [6.07, 6.45) is 1.52. The summed E-state index contributed by atoms with van der Waals surface area (Å²) in [6, 6.07) is 13.1. The van der Waals surface area contributed by atoms with Crippen LogP contribution in [-0.4, -0.2) is 15.5 Å². The molecule has 1 N–H and O–H groups in total. The zero-order valence-electron chi connectivity index (χ0n) is 10.8. The number of thioether (sulfide) groups is 1. The molecule has 5 nitrogen and oxygen atoms in total. The van der Waals surface area contributed by atoms with E-state index in [1.807, 2.05) is 30.3 Å². The minimum atomic E-state index is -0.421. The Morgan fingerprint density at radius 1 is 1.38 bits per heavy atom. The lowest BCUT2D eigenvalue weighted by Crippen LogP contribution is -2.11. The van der Waals surface area contributed by atoms with Crippen molar-refractivity contribution in [1.29, 1.82) is 0 Å². The number of nitrogens with zero attached hydrogens (tertiary/aromatic N) is 2. The first-order valence-electron chi connectivity index (χ1n) is 5.89. The molecular weight excluding hydrogens is 326 g/mol. The van der Waals surface area contributed by atoms with Crippen LogP contribution in [0.5, 0.6) is 0 Å². The number of thiocarbonyl (C=S) groups is 1. The number of thiophene rings is 1. The number of hydrogen-bond donors (Lipinski definition) is 1. The van der Waals surface area contributed by atoms with E-state index >= 15 is 0 Å². The lowest BCUT2D eigenvalue weighted by atomic mass is 10.2. The van der Waals surface area contributed by atoms with Crippen molar-refractivity contribution in [3.05, 3.63) is 63.0 Å². The summed E-state index contributed by atoms with van der Waals surface area (Å²) >= 11 is 7.69. The Hall–Kier alpha value is -1.77. The summed E-state index contributed by atoms with van der Waals surface area (Å²) in [5, 5.41) is 14.6. The van der Waals surface area contributed by atoms with Crippen LogP contribution >= 0.6 is 35.3 Å². The Kier molecular flexibility index (Phi) is 5.85.